The average molecular weight is 803 g/mol. The lowest BCUT2D eigenvalue weighted by atomic mass is 9.92. The first kappa shape index (κ1) is 41.7. The van der Waals surface area contributed by atoms with Crippen LogP contribution in [-0.4, -0.2) is 97.4 Å². The van der Waals surface area contributed by atoms with Crippen LogP contribution in [0, 0.1) is 0 Å². The van der Waals surface area contributed by atoms with Gasteiger partial charge < -0.3 is 44.9 Å². The van der Waals surface area contributed by atoms with E-state index in [4.69, 9.17) is 14.5 Å². The van der Waals surface area contributed by atoms with Gasteiger partial charge in [0.05, 0.1) is 50.6 Å². The molecule has 6 rings (SSSR count). The summed E-state index contributed by atoms with van der Waals surface area (Å²) in [6, 6.07) is 22.5. The number of nitrogens with zero attached hydrogens (tertiary/aromatic N) is 4. The Balaban J connectivity index is 1.19. The monoisotopic (exact) mass is 802 g/mol. The Hall–Kier alpha value is -6.90. The first-order chi connectivity index (χ1) is 28.7. The lowest BCUT2D eigenvalue weighted by Gasteiger charge is -2.27. The molecule has 0 unspecified atom stereocenters. The predicted molar refractivity (Wildman–Crippen MR) is 227 cm³/mol. The maximum atomic E-state index is 13.9. The van der Waals surface area contributed by atoms with Gasteiger partial charge in [0.25, 0.3) is 0 Å². The van der Waals surface area contributed by atoms with E-state index in [0.717, 1.165) is 56.6 Å². The lowest BCUT2D eigenvalue weighted by molar-refractivity contribution is -0.134. The van der Waals surface area contributed by atoms with Crippen molar-refractivity contribution in [2.24, 2.45) is 4.99 Å². The molecule has 0 saturated heterocycles. The van der Waals surface area contributed by atoms with Crippen LogP contribution in [0.5, 0.6) is 5.75 Å². The Morgan fingerprint density at radius 3 is 2.42 bits per heavy atom. The number of hydrogen-bond acceptors (Lipinski definition) is 10. The summed E-state index contributed by atoms with van der Waals surface area (Å²) in [6.07, 6.45) is 3.59. The van der Waals surface area contributed by atoms with Crippen molar-refractivity contribution in [2.75, 3.05) is 52.8 Å². The zero-order valence-electron chi connectivity index (χ0n) is 34.0. The van der Waals surface area contributed by atoms with E-state index >= 15 is 0 Å². The Labute approximate surface area is 343 Å². The summed E-state index contributed by atoms with van der Waals surface area (Å²) in [4.78, 5) is 66.3. The normalized spacial score (nSPS) is 12.2. The van der Waals surface area contributed by atoms with Crippen LogP contribution in [0.25, 0.3) is 33.2 Å². The molecule has 0 fully saturated rings. The minimum Gasteiger partial charge on any atom is -0.488 e. The highest BCUT2D eigenvalue weighted by Crippen LogP contribution is 2.44. The van der Waals surface area contributed by atoms with Crippen LogP contribution in [0.2, 0.25) is 0 Å². The molecule has 4 N–H and O–H groups in total. The number of aromatic nitrogens is 2. The molecule has 2 heterocycles. The zero-order valence-corrected chi connectivity index (χ0v) is 34.0. The number of hydrogen-bond donors (Lipinski definition) is 4. The molecule has 0 spiro atoms. The molecule has 0 radical (unpaired) electrons. The van der Waals surface area contributed by atoms with Crippen molar-refractivity contribution in [3.8, 4) is 28.1 Å². The Morgan fingerprint density at radius 1 is 0.932 bits per heavy atom. The van der Waals surface area contributed by atoms with Gasteiger partial charge in [-0.1, -0.05) is 62.4 Å². The number of ether oxygens (including phenoxy) is 3. The van der Waals surface area contributed by atoms with Crippen LogP contribution in [0.3, 0.4) is 0 Å². The lowest BCUT2D eigenvalue weighted by Crippen LogP contribution is -2.43. The van der Waals surface area contributed by atoms with E-state index in [2.05, 4.69) is 48.9 Å². The number of fused-ring (bicyclic) bond motifs is 4. The van der Waals surface area contributed by atoms with Crippen LogP contribution in [0.4, 0.5) is 21.0 Å². The zero-order chi connectivity index (χ0) is 41.9. The smallest absolute Gasteiger partial charge is 0.407 e. The second kappa shape index (κ2) is 19.5. The maximum Gasteiger partial charge on any atom is 0.407 e. The topological polar surface area (TPSA) is 180 Å². The molecule has 0 bridgehead atoms. The highest BCUT2D eigenvalue weighted by atomic mass is 16.5. The molecular formula is C44H50N8O7. The number of imidazole rings is 1. The molecular weight excluding hydrogens is 753 g/mol. The number of benzene rings is 4. The molecule has 1 aliphatic rings. The van der Waals surface area contributed by atoms with Crippen LogP contribution in [0.15, 0.2) is 84.0 Å². The largest absolute Gasteiger partial charge is 0.488 e. The number of carbonyl (C=O) groups is 4. The number of nitrogens with one attached hydrogen (secondary N) is 4. The Bertz CT molecular complexity index is 2330. The molecule has 59 heavy (non-hydrogen) atoms. The van der Waals surface area contributed by atoms with E-state index in [1.165, 1.54) is 14.2 Å². The number of amides is 4. The van der Waals surface area contributed by atoms with Crippen molar-refractivity contribution >= 4 is 52.4 Å². The van der Waals surface area contributed by atoms with Gasteiger partial charge in [-0.05, 0) is 64.7 Å². The number of methoxy groups -OCH3 is 2. The molecule has 0 aliphatic carbocycles. The molecule has 4 aromatic carbocycles. The van der Waals surface area contributed by atoms with Gasteiger partial charge in [-0.15, -0.1) is 0 Å². The summed E-state index contributed by atoms with van der Waals surface area (Å²) in [5.74, 6) is 0.877. The number of rotatable bonds is 16. The third-order valence-corrected chi connectivity index (χ3v) is 9.99. The van der Waals surface area contributed by atoms with Crippen molar-refractivity contribution in [1.82, 2.24) is 30.4 Å². The highest BCUT2D eigenvalue weighted by molar-refractivity contribution is 6.03. The van der Waals surface area contributed by atoms with E-state index < -0.39 is 18.2 Å². The van der Waals surface area contributed by atoms with Gasteiger partial charge in [0.1, 0.15) is 30.8 Å². The second-order valence-electron chi connectivity index (χ2n) is 13.9. The first-order valence-electron chi connectivity index (χ1n) is 19.6. The fraction of sp³-hybridized carbons (Fsp3) is 0.318. The van der Waals surface area contributed by atoms with Crippen molar-refractivity contribution in [3.63, 3.8) is 0 Å². The molecule has 15 nitrogen and oxygen atoms in total. The fourth-order valence-electron chi connectivity index (χ4n) is 7.10. The Morgan fingerprint density at radius 2 is 1.69 bits per heavy atom. The van der Waals surface area contributed by atoms with Gasteiger partial charge in [0.2, 0.25) is 11.8 Å². The highest BCUT2D eigenvalue weighted by Gasteiger charge is 2.28. The van der Waals surface area contributed by atoms with Crippen molar-refractivity contribution in [2.45, 2.75) is 45.9 Å². The first-order valence-corrected chi connectivity index (χ1v) is 19.6. The summed E-state index contributed by atoms with van der Waals surface area (Å²) in [5, 5.41) is 10.4. The van der Waals surface area contributed by atoms with E-state index in [-0.39, 0.29) is 31.4 Å². The van der Waals surface area contributed by atoms with Crippen molar-refractivity contribution < 1.29 is 33.4 Å². The maximum absolute atomic E-state index is 13.9. The van der Waals surface area contributed by atoms with Crippen LogP contribution >= 0.6 is 0 Å². The van der Waals surface area contributed by atoms with Gasteiger partial charge in [0.15, 0.2) is 0 Å². The summed E-state index contributed by atoms with van der Waals surface area (Å²) in [5.41, 5.74) is 7.00. The van der Waals surface area contributed by atoms with E-state index in [0.29, 0.717) is 43.2 Å². The number of H-pyrrole nitrogens is 1. The Kier molecular flexibility index (Phi) is 13.8. The van der Waals surface area contributed by atoms with Crippen molar-refractivity contribution in [3.05, 3.63) is 95.9 Å². The van der Waals surface area contributed by atoms with E-state index in [9.17, 15) is 19.2 Å². The number of alkyl carbamates (subject to hydrolysis) is 2. The molecule has 4 amide bonds. The fourth-order valence-corrected chi connectivity index (χ4v) is 7.10. The number of anilines is 1. The SMILES string of the molecule is CCCN(CC=Nc1ccc2cc3c(cc2c1NC)OCc1cc(-c2cnc(CN(CCC)C(=O)[C@H](NC(=O)OC)c4ccccc4)[nH]2)ccc1-3)C(=O)CNC(=O)OC. The average Bonchev–Trinajstić information content (AvgIpc) is 3.74. The van der Waals surface area contributed by atoms with E-state index in [1.54, 1.807) is 34.3 Å². The quantitative estimate of drug-likeness (QED) is 0.0768. The number of aromatic amines is 1. The van der Waals surface area contributed by atoms with Gasteiger partial charge in [0, 0.05) is 37.3 Å². The third-order valence-electron chi connectivity index (χ3n) is 9.99. The van der Waals surface area contributed by atoms with Crippen LogP contribution in [-0.2, 0) is 32.2 Å². The molecule has 5 aromatic rings. The van der Waals surface area contributed by atoms with Gasteiger partial charge in [-0.3, -0.25) is 14.6 Å². The van der Waals surface area contributed by atoms with Gasteiger partial charge >= 0.3 is 12.2 Å². The van der Waals surface area contributed by atoms with E-state index in [1.807, 2.05) is 63.4 Å². The summed E-state index contributed by atoms with van der Waals surface area (Å²) < 4.78 is 15.7. The molecule has 1 aliphatic heterocycles. The predicted octanol–water partition coefficient (Wildman–Crippen LogP) is 6.96. The minimum absolute atomic E-state index is 0.157. The third kappa shape index (κ3) is 9.80. The second-order valence-corrected chi connectivity index (χ2v) is 13.9. The summed E-state index contributed by atoms with van der Waals surface area (Å²) in [6.45, 7) is 5.68. The molecule has 1 aromatic heterocycles. The number of carbonyl (C=O) groups excluding carboxylic acids is 4. The van der Waals surface area contributed by atoms with Gasteiger partial charge in [-0.2, -0.15) is 0 Å². The summed E-state index contributed by atoms with van der Waals surface area (Å²) >= 11 is 0. The van der Waals surface area contributed by atoms with Gasteiger partial charge in [-0.25, -0.2) is 14.6 Å². The summed E-state index contributed by atoms with van der Waals surface area (Å²) in [7, 11) is 4.37. The number of aliphatic imine (C=N–C) groups is 1. The standard InChI is InChI=1S/C44H50N8O7/c1-6-18-51(39(53)25-48-43(55)57-4)20-17-46-35-16-14-29-22-34-32-15-13-30(21-31(32)27-59-37(34)23-33(29)41(35)45-3)36-24-47-38(49-36)26-52(19-7-2)42(54)40(50-44(56)58-5)28-11-9-8-10-12-28/h8-17,21-24,40,45H,6-7,18-20,25-27H2,1-5H3,(H,47,49)(H,48,55)(H,50,56)/t40-/m1/s1. The van der Waals surface area contributed by atoms with Crippen LogP contribution < -0.4 is 20.7 Å². The molecule has 1 atom stereocenters. The van der Waals surface area contributed by atoms with Crippen molar-refractivity contribution in [1.29, 1.82) is 0 Å². The molecule has 15 heteroatoms. The molecule has 308 valence electrons. The van der Waals surface area contributed by atoms with Crippen LogP contribution in [0.1, 0.15) is 49.7 Å². The molecule has 0 saturated carbocycles. The minimum atomic E-state index is -0.916.